The van der Waals surface area contributed by atoms with E-state index in [1.807, 2.05) is 26.0 Å². The molecule has 0 heterocycles. The van der Waals surface area contributed by atoms with Crippen LogP contribution in [0.15, 0.2) is 116 Å². The van der Waals surface area contributed by atoms with Crippen LogP contribution in [0.25, 0.3) is 0 Å². The molecule has 6 nitrogen and oxygen atoms in total. The number of alkyl halides is 2. The van der Waals surface area contributed by atoms with Crippen molar-refractivity contribution in [3.8, 4) is 0 Å². The summed E-state index contributed by atoms with van der Waals surface area (Å²) in [7, 11) is -7.91. The fraction of sp³-hybridized carbons (Fsp3) is 0.294. The highest BCUT2D eigenvalue weighted by Gasteiger charge is 2.36. The molecule has 0 bridgehead atoms. The summed E-state index contributed by atoms with van der Waals surface area (Å²) in [6.07, 6.45) is 0. The van der Waals surface area contributed by atoms with Gasteiger partial charge in [0.2, 0.25) is 0 Å². The quantitative estimate of drug-likeness (QED) is 0.118. The van der Waals surface area contributed by atoms with Gasteiger partial charge in [0.05, 0.1) is 44.0 Å². The molecule has 4 rings (SSSR count). The average Bonchev–Trinajstić information content (AvgIpc) is 2.99. The van der Waals surface area contributed by atoms with E-state index in [9.17, 15) is 16.8 Å². The zero-order valence-corrected chi connectivity index (χ0v) is 33.5. The summed E-state index contributed by atoms with van der Waals surface area (Å²) in [4.78, 5) is -1.68. The van der Waals surface area contributed by atoms with E-state index in [1.165, 1.54) is 20.4 Å². The molecule has 0 amide bonds. The molecule has 4 aromatic rings. The summed E-state index contributed by atoms with van der Waals surface area (Å²) in [6.45, 7) is 7.35. The maximum absolute atomic E-state index is 13.9. The van der Waals surface area contributed by atoms with Crippen LogP contribution in [0, 0.1) is 13.8 Å². The van der Waals surface area contributed by atoms with Gasteiger partial charge in [0.15, 0.2) is 0 Å². The maximum Gasteiger partial charge on any atom is 0.264 e. The Bertz CT molecular complexity index is 1770. The molecule has 0 aliphatic heterocycles. The van der Waals surface area contributed by atoms with Crippen molar-refractivity contribution in [2.45, 2.75) is 47.2 Å². The summed E-state index contributed by atoms with van der Waals surface area (Å²) < 4.78 is 59.9. The Morgan fingerprint density at radius 1 is 0.617 bits per heavy atom. The zero-order chi connectivity index (χ0) is 34.6. The van der Waals surface area contributed by atoms with E-state index in [4.69, 9.17) is 23.2 Å². The second kappa shape index (κ2) is 15.4. The van der Waals surface area contributed by atoms with Crippen LogP contribution in [0.5, 0.6) is 0 Å². The molecule has 0 unspecified atom stereocenters. The van der Waals surface area contributed by atoms with Crippen LogP contribution in [0.2, 0.25) is 0 Å². The number of hydrogen-bond donors (Lipinski definition) is 0. The number of benzene rings is 4. The molecule has 0 saturated heterocycles. The molecule has 0 spiro atoms. The van der Waals surface area contributed by atoms with Crippen molar-refractivity contribution >= 4 is 98.2 Å². The van der Waals surface area contributed by atoms with Crippen LogP contribution < -0.4 is 8.61 Å². The minimum absolute atomic E-state index is 0.0147. The number of rotatable bonds is 14. The number of halogens is 4. The van der Waals surface area contributed by atoms with Crippen molar-refractivity contribution in [3.63, 3.8) is 0 Å². The lowest BCUT2D eigenvalue weighted by Crippen LogP contribution is -2.44. The van der Waals surface area contributed by atoms with Gasteiger partial charge in [-0.2, -0.15) is 11.8 Å². The van der Waals surface area contributed by atoms with Crippen molar-refractivity contribution in [3.05, 3.63) is 117 Å². The molecule has 2 atom stereocenters. The third-order valence-electron chi connectivity index (χ3n) is 7.16. The average molecular weight is 864 g/mol. The minimum atomic E-state index is -3.95. The molecular weight excluding hydrogens is 827 g/mol. The number of thioether (sulfide) groups is 1. The summed E-state index contributed by atoms with van der Waals surface area (Å²) in [5.74, 6) is 0.679. The normalized spacial score (nSPS) is 14.6. The van der Waals surface area contributed by atoms with Crippen molar-refractivity contribution in [2.24, 2.45) is 0 Å². The minimum Gasteiger partial charge on any atom is -0.265 e. The lowest BCUT2D eigenvalue weighted by Gasteiger charge is -2.34. The number of hydrogen-bond acceptors (Lipinski definition) is 5. The van der Waals surface area contributed by atoms with E-state index >= 15 is 0 Å². The van der Waals surface area contributed by atoms with Gasteiger partial charge in [-0.05, 0) is 88.4 Å². The first-order valence-electron chi connectivity index (χ1n) is 14.6. The Morgan fingerprint density at radius 3 is 1.28 bits per heavy atom. The molecule has 0 aliphatic rings. The second-order valence-electron chi connectivity index (χ2n) is 11.9. The predicted molar refractivity (Wildman–Crippen MR) is 206 cm³/mol. The monoisotopic (exact) mass is 860 g/mol. The molecule has 4 aromatic carbocycles. The highest BCUT2D eigenvalue weighted by Crippen LogP contribution is 2.35. The zero-order valence-electron chi connectivity index (χ0n) is 26.3. The predicted octanol–water partition coefficient (Wildman–Crippen LogP) is 9.65. The molecule has 0 fully saturated rings. The maximum atomic E-state index is 13.9. The molecule has 0 radical (unpaired) electrons. The van der Waals surface area contributed by atoms with Gasteiger partial charge in [-0.1, -0.05) is 79.4 Å². The molecule has 252 valence electrons. The first-order valence-corrected chi connectivity index (χ1v) is 20.9. The first kappa shape index (κ1) is 38.1. The number of nitrogens with zero attached hydrogens (tertiary/aromatic N) is 2. The molecular formula is C34H36Br2Cl2N2O4S3. The van der Waals surface area contributed by atoms with Gasteiger partial charge in [-0.25, -0.2) is 16.8 Å². The van der Waals surface area contributed by atoms with Gasteiger partial charge in [0.1, 0.15) is 0 Å². The molecule has 0 aromatic heterocycles. The SMILES string of the molecule is Cc1ccc(S(=O)(=O)N(C[C@](C)(Cl)CSC[C@@](C)(Cl)CN(c2cccc(Br)c2)S(=O)(=O)c2ccc(C)cc2)c2cccc(Br)c2)cc1. The van der Waals surface area contributed by atoms with E-state index in [0.717, 1.165) is 20.1 Å². The van der Waals surface area contributed by atoms with E-state index in [0.29, 0.717) is 22.9 Å². The second-order valence-corrected chi connectivity index (χ2v) is 20.3. The van der Waals surface area contributed by atoms with Gasteiger partial charge in [-0.3, -0.25) is 8.61 Å². The van der Waals surface area contributed by atoms with Crippen molar-refractivity contribution < 1.29 is 16.8 Å². The Hall–Kier alpha value is -1.73. The lowest BCUT2D eigenvalue weighted by molar-refractivity contribution is 0.583. The molecule has 0 N–H and O–H groups in total. The van der Waals surface area contributed by atoms with Gasteiger partial charge in [0, 0.05) is 20.5 Å². The van der Waals surface area contributed by atoms with Crippen LogP contribution in [-0.2, 0) is 20.0 Å². The standard InChI is InChI=1S/C34H36Br2Cl2N2O4S3/c1-25-11-15-31(16-12-25)46(41,42)39(29-9-5-7-27(35)19-29)21-33(3,37)23-45-24-34(4,38)22-40(30-10-6-8-28(36)20-30)47(43,44)32-17-13-26(2)14-18-32/h5-20H,21-24H2,1-4H3/t33-,34-/m0/s1. The van der Waals surface area contributed by atoms with Gasteiger partial charge in [-0.15, -0.1) is 23.2 Å². The smallest absolute Gasteiger partial charge is 0.264 e. The third-order valence-corrected chi connectivity index (χ3v) is 14.2. The molecule has 0 aliphatic carbocycles. The number of anilines is 2. The number of aryl methyl sites for hydroxylation is 2. The number of sulfonamides is 2. The van der Waals surface area contributed by atoms with Gasteiger partial charge >= 0.3 is 0 Å². The summed E-state index contributed by atoms with van der Waals surface area (Å²) in [6, 6.07) is 27.6. The highest BCUT2D eigenvalue weighted by atomic mass is 79.9. The first-order chi connectivity index (χ1) is 21.9. The fourth-order valence-corrected chi connectivity index (χ4v) is 10.6. The van der Waals surface area contributed by atoms with Gasteiger partial charge < -0.3 is 0 Å². The fourth-order valence-electron chi connectivity index (χ4n) is 4.73. The highest BCUT2D eigenvalue weighted by molar-refractivity contribution is 9.10. The summed E-state index contributed by atoms with van der Waals surface area (Å²) in [5, 5.41) is 0. The van der Waals surface area contributed by atoms with Crippen LogP contribution in [0.4, 0.5) is 11.4 Å². The van der Waals surface area contributed by atoms with E-state index in [2.05, 4.69) is 31.9 Å². The van der Waals surface area contributed by atoms with Crippen molar-refractivity contribution in [1.82, 2.24) is 0 Å². The van der Waals surface area contributed by atoms with Crippen LogP contribution >= 0.6 is 66.8 Å². The Kier molecular flexibility index (Phi) is 12.5. The van der Waals surface area contributed by atoms with E-state index in [-0.39, 0.29) is 22.9 Å². The summed E-state index contributed by atoms with van der Waals surface area (Å²) >= 11 is 22.5. The van der Waals surface area contributed by atoms with E-state index in [1.54, 1.807) is 98.8 Å². The van der Waals surface area contributed by atoms with Crippen molar-refractivity contribution in [1.29, 1.82) is 0 Å². The van der Waals surface area contributed by atoms with E-state index < -0.39 is 29.8 Å². The Balaban J connectivity index is 1.54. The molecule has 47 heavy (non-hydrogen) atoms. The van der Waals surface area contributed by atoms with Gasteiger partial charge in [0.25, 0.3) is 20.0 Å². The Labute approximate surface area is 310 Å². The topological polar surface area (TPSA) is 74.8 Å². The van der Waals surface area contributed by atoms with Crippen molar-refractivity contribution in [2.75, 3.05) is 33.2 Å². The summed E-state index contributed by atoms with van der Waals surface area (Å²) in [5.41, 5.74) is 2.85. The van der Waals surface area contributed by atoms with Crippen LogP contribution in [0.1, 0.15) is 25.0 Å². The molecule has 0 saturated carbocycles. The van der Waals surface area contributed by atoms with Crippen LogP contribution in [-0.4, -0.2) is 51.2 Å². The lowest BCUT2D eigenvalue weighted by atomic mass is 10.2. The molecule has 13 heteroatoms. The third kappa shape index (κ3) is 10.2. The largest absolute Gasteiger partial charge is 0.265 e. The van der Waals surface area contributed by atoms with Crippen LogP contribution in [0.3, 0.4) is 0 Å². The Morgan fingerprint density at radius 2 is 0.957 bits per heavy atom.